The standard InChI is InChI=1S/C16H19F2N3O2S/c1-15(2,3)23-14(22)21(5)13-11(16(4,17)18)20-12(24-13)10-7-6-8-19-9-10/h6-9H,1-5H3. The third-order valence-electron chi connectivity index (χ3n) is 2.91. The summed E-state index contributed by atoms with van der Waals surface area (Å²) >= 11 is 0.996. The number of ether oxygens (including phenoxy) is 1. The number of alkyl halides is 2. The summed E-state index contributed by atoms with van der Waals surface area (Å²) in [7, 11) is 1.39. The van der Waals surface area contributed by atoms with Crippen molar-refractivity contribution < 1.29 is 18.3 Å². The molecule has 0 saturated carbocycles. The lowest BCUT2D eigenvalue weighted by Gasteiger charge is -2.24. The molecular weight excluding hydrogens is 336 g/mol. The molecule has 5 nitrogen and oxygen atoms in total. The zero-order valence-electron chi connectivity index (χ0n) is 14.1. The van der Waals surface area contributed by atoms with E-state index < -0.39 is 23.3 Å². The van der Waals surface area contributed by atoms with E-state index in [0.717, 1.165) is 23.2 Å². The normalized spacial score (nSPS) is 12.1. The predicted octanol–water partition coefficient (Wildman–Crippen LogP) is 4.69. The van der Waals surface area contributed by atoms with Crippen molar-refractivity contribution in [2.24, 2.45) is 0 Å². The van der Waals surface area contributed by atoms with Gasteiger partial charge in [-0.05, 0) is 32.9 Å². The quantitative estimate of drug-likeness (QED) is 0.802. The third-order valence-corrected chi connectivity index (χ3v) is 4.09. The molecule has 0 aliphatic heterocycles. The van der Waals surface area contributed by atoms with Crippen molar-refractivity contribution >= 4 is 22.4 Å². The molecule has 0 N–H and O–H groups in total. The Balaban J connectivity index is 2.45. The molecular formula is C16H19F2N3O2S. The van der Waals surface area contributed by atoms with E-state index in [1.807, 2.05) is 0 Å². The molecule has 0 aliphatic rings. The number of anilines is 1. The summed E-state index contributed by atoms with van der Waals surface area (Å²) in [5.74, 6) is -3.19. The van der Waals surface area contributed by atoms with Gasteiger partial charge in [-0.25, -0.2) is 9.78 Å². The van der Waals surface area contributed by atoms with Gasteiger partial charge in [0, 0.05) is 31.9 Å². The molecule has 0 aliphatic carbocycles. The molecule has 0 spiro atoms. The van der Waals surface area contributed by atoms with E-state index in [2.05, 4.69) is 9.97 Å². The fraction of sp³-hybridized carbons (Fsp3) is 0.438. The van der Waals surface area contributed by atoms with Crippen molar-refractivity contribution in [3.8, 4) is 10.6 Å². The summed E-state index contributed by atoms with van der Waals surface area (Å²) in [5, 5.41) is 0.417. The number of carbonyl (C=O) groups is 1. The van der Waals surface area contributed by atoms with Gasteiger partial charge in [0.1, 0.15) is 21.3 Å². The van der Waals surface area contributed by atoms with Gasteiger partial charge >= 0.3 is 6.09 Å². The second-order valence-corrected chi connectivity index (χ2v) is 7.32. The fourth-order valence-corrected chi connectivity index (χ4v) is 2.94. The molecule has 0 aromatic carbocycles. The first-order valence-corrected chi connectivity index (χ1v) is 8.07. The van der Waals surface area contributed by atoms with Crippen LogP contribution in [0.5, 0.6) is 0 Å². The van der Waals surface area contributed by atoms with Gasteiger partial charge < -0.3 is 4.74 Å². The summed E-state index contributed by atoms with van der Waals surface area (Å²) < 4.78 is 33.2. The lowest BCUT2D eigenvalue weighted by atomic mass is 10.2. The molecule has 0 fully saturated rings. The molecule has 2 aromatic heterocycles. The van der Waals surface area contributed by atoms with E-state index in [-0.39, 0.29) is 5.00 Å². The third kappa shape index (κ3) is 4.25. The Morgan fingerprint density at radius 2 is 1.96 bits per heavy atom. The topological polar surface area (TPSA) is 55.3 Å². The number of hydrogen-bond acceptors (Lipinski definition) is 5. The number of thiazole rings is 1. The van der Waals surface area contributed by atoms with Crippen LogP contribution in [0.25, 0.3) is 10.6 Å². The minimum atomic E-state index is -3.19. The molecule has 24 heavy (non-hydrogen) atoms. The van der Waals surface area contributed by atoms with Crippen molar-refractivity contribution in [3.05, 3.63) is 30.2 Å². The first kappa shape index (κ1) is 18.3. The Hall–Kier alpha value is -2.09. The molecule has 0 saturated heterocycles. The highest BCUT2D eigenvalue weighted by Gasteiger charge is 2.36. The van der Waals surface area contributed by atoms with Crippen LogP contribution in [0.4, 0.5) is 18.6 Å². The zero-order valence-corrected chi connectivity index (χ0v) is 14.9. The number of carbonyl (C=O) groups excluding carboxylic acids is 1. The fourth-order valence-electron chi connectivity index (χ4n) is 1.85. The summed E-state index contributed by atoms with van der Waals surface area (Å²) in [5.41, 5.74) is -0.576. The first-order valence-electron chi connectivity index (χ1n) is 7.25. The highest BCUT2D eigenvalue weighted by molar-refractivity contribution is 7.19. The molecule has 2 aromatic rings. The van der Waals surface area contributed by atoms with Crippen LogP contribution in [0.2, 0.25) is 0 Å². The minimum Gasteiger partial charge on any atom is -0.443 e. The second kappa shape index (κ2) is 6.43. The van der Waals surface area contributed by atoms with Crippen molar-refractivity contribution in [2.45, 2.75) is 39.2 Å². The number of pyridine rings is 1. The average molecular weight is 355 g/mol. The van der Waals surface area contributed by atoms with Gasteiger partial charge in [0.15, 0.2) is 0 Å². The van der Waals surface area contributed by atoms with E-state index in [0.29, 0.717) is 10.6 Å². The van der Waals surface area contributed by atoms with Gasteiger partial charge in [0.25, 0.3) is 5.92 Å². The van der Waals surface area contributed by atoms with Crippen LogP contribution < -0.4 is 4.90 Å². The molecule has 0 atom stereocenters. The van der Waals surface area contributed by atoms with Gasteiger partial charge in [0.2, 0.25) is 0 Å². The Kier molecular flexibility index (Phi) is 4.89. The summed E-state index contributed by atoms with van der Waals surface area (Å²) in [4.78, 5) is 21.3. The maximum absolute atomic E-state index is 14.0. The molecule has 0 bridgehead atoms. The largest absolute Gasteiger partial charge is 0.443 e. The van der Waals surface area contributed by atoms with Crippen molar-refractivity contribution in [2.75, 3.05) is 11.9 Å². The summed E-state index contributed by atoms with van der Waals surface area (Å²) in [6.45, 7) is 5.88. The molecule has 2 rings (SSSR count). The Morgan fingerprint density at radius 1 is 1.29 bits per heavy atom. The molecule has 8 heteroatoms. The van der Waals surface area contributed by atoms with Crippen molar-refractivity contribution in [1.29, 1.82) is 0 Å². The van der Waals surface area contributed by atoms with Crippen LogP contribution in [0, 0.1) is 0 Å². The predicted molar refractivity (Wildman–Crippen MR) is 89.6 cm³/mol. The van der Waals surface area contributed by atoms with E-state index in [4.69, 9.17) is 4.74 Å². The first-order chi connectivity index (χ1) is 11.0. The summed E-state index contributed by atoms with van der Waals surface area (Å²) in [6, 6.07) is 3.42. The van der Waals surface area contributed by atoms with Crippen LogP contribution in [0.3, 0.4) is 0 Å². The smallest absolute Gasteiger partial charge is 0.415 e. The monoisotopic (exact) mass is 355 g/mol. The Labute approximate surface area is 143 Å². The number of rotatable bonds is 3. The maximum atomic E-state index is 14.0. The number of aromatic nitrogens is 2. The van der Waals surface area contributed by atoms with Gasteiger partial charge in [0.05, 0.1) is 0 Å². The molecule has 2 heterocycles. The van der Waals surface area contributed by atoms with Crippen LogP contribution in [-0.2, 0) is 10.7 Å². The van der Waals surface area contributed by atoms with Crippen LogP contribution >= 0.6 is 11.3 Å². The summed E-state index contributed by atoms with van der Waals surface area (Å²) in [6.07, 6.45) is 2.41. The van der Waals surface area contributed by atoms with Crippen LogP contribution in [0.15, 0.2) is 24.5 Å². The van der Waals surface area contributed by atoms with E-state index >= 15 is 0 Å². The SMILES string of the molecule is CN(C(=O)OC(C)(C)C)c1sc(-c2cccnc2)nc1C(C)(F)F. The molecule has 0 unspecified atom stereocenters. The van der Waals surface area contributed by atoms with Gasteiger partial charge in [-0.1, -0.05) is 11.3 Å². The minimum absolute atomic E-state index is 0.0515. The number of nitrogens with zero attached hydrogens (tertiary/aromatic N) is 3. The highest BCUT2D eigenvalue weighted by atomic mass is 32.1. The highest BCUT2D eigenvalue weighted by Crippen LogP contribution is 2.41. The van der Waals surface area contributed by atoms with Gasteiger partial charge in [-0.2, -0.15) is 8.78 Å². The average Bonchev–Trinajstić information content (AvgIpc) is 2.90. The van der Waals surface area contributed by atoms with E-state index in [1.165, 1.54) is 13.2 Å². The lowest BCUT2D eigenvalue weighted by Crippen LogP contribution is -2.34. The Bertz CT molecular complexity index is 721. The van der Waals surface area contributed by atoms with Crippen molar-refractivity contribution in [1.82, 2.24) is 9.97 Å². The van der Waals surface area contributed by atoms with Crippen LogP contribution in [0.1, 0.15) is 33.4 Å². The van der Waals surface area contributed by atoms with Crippen LogP contribution in [-0.4, -0.2) is 28.7 Å². The number of amides is 1. The maximum Gasteiger partial charge on any atom is 0.415 e. The molecule has 0 radical (unpaired) electrons. The zero-order chi connectivity index (χ0) is 18.1. The van der Waals surface area contributed by atoms with E-state index in [1.54, 1.807) is 39.1 Å². The second-order valence-electron chi connectivity index (χ2n) is 6.34. The molecule has 1 amide bonds. The van der Waals surface area contributed by atoms with Crippen molar-refractivity contribution in [3.63, 3.8) is 0 Å². The molecule has 130 valence electrons. The Morgan fingerprint density at radius 3 is 2.46 bits per heavy atom. The number of halogens is 2. The number of hydrogen-bond donors (Lipinski definition) is 0. The lowest BCUT2D eigenvalue weighted by molar-refractivity contribution is 0.0139. The van der Waals surface area contributed by atoms with E-state index in [9.17, 15) is 13.6 Å². The van der Waals surface area contributed by atoms with Gasteiger partial charge in [-0.3, -0.25) is 9.88 Å². The van der Waals surface area contributed by atoms with Gasteiger partial charge in [-0.15, -0.1) is 0 Å².